The van der Waals surface area contributed by atoms with Crippen LogP contribution in [0.25, 0.3) is 0 Å². The van der Waals surface area contributed by atoms with E-state index in [0.717, 1.165) is 6.42 Å². The van der Waals surface area contributed by atoms with Gasteiger partial charge in [-0.15, -0.1) is 0 Å². The van der Waals surface area contributed by atoms with Crippen LogP contribution in [0.1, 0.15) is 26.2 Å². The highest BCUT2D eigenvalue weighted by molar-refractivity contribution is 4.96. The van der Waals surface area contributed by atoms with Crippen LogP contribution >= 0.6 is 0 Å². The van der Waals surface area contributed by atoms with Crippen molar-refractivity contribution in [2.45, 2.75) is 50.6 Å². The molecular weight excluding hydrogens is 235 g/mol. The number of halogens is 3. The summed E-state index contributed by atoms with van der Waals surface area (Å²) in [5.41, 5.74) is 0. The predicted octanol–water partition coefficient (Wildman–Crippen LogP) is 2.11. The van der Waals surface area contributed by atoms with Gasteiger partial charge in [0.25, 0.3) is 0 Å². The maximum Gasteiger partial charge on any atom is 0.391 e. The maximum atomic E-state index is 11.9. The first-order valence-electron chi connectivity index (χ1n) is 5.95. The van der Waals surface area contributed by atoms with E-state index in [0.29, 0.717) is 13.0 Å². The minimum Gasteiger partial charge on any atom is -0.375 e. The fourth-order valence-corrected chi connectivity index (χ4v) is 1.83. The second-order valence-corrected chi connectivity index (χ2v) is 4.24. The van der Waals surface area contributed by atoms with Crippen LogP contribution in [0, 0.1) is 0 Å². The average molecular weight is 255 g/mol. The molecule has 3 nitrogen and oxygen atoms in total. The second kappa shape index (κ2) is 6.56. The lowest BCUT2D eigenvalue weighted by molar-refractivity contribution is -0.178. The minimum atomic E-state index is -4.15. The van der Waals surface area contributed by atoms with Gasteiger partial charge < -0.3 is 14.8 Å². The summed E-state index contributed by atoms with van der Waals surface area (Å²) >= 11 is 0. The SMILES string of the molecule is CCCOC1C(NC)CC1OCCC(F)(F)F. The molecule has 0 aromatic rings. The highest BCUT2D eigenvalue weighted by Gasteiger charge is 2.42. The van der Waals surface area contributed by atoms with E-state index in [1.165, 1.54) is 0 Å². The summed E-state index contributed by atoms with van der Waals surface area (Å²) in [6.45, 7) is 2.32. The number of nitrogens with one attached hydrogen (secondary N) is 1. The molecule has 0 amide bonds. The first-order valence-corrected chi connectivity index (χ1v) is 5.95. The van der Waals surface area contributed by atoms with Crippen molar-refractivity contribution in [2.75, 3.05) is 20.3 Å². The number of ether oxygens (including phenoxy) is 2. The Morgan fingerprint density at radius 2 is 1.94 bits per heavy atom. The molecule has 1 aliphatic carbocycles. The first kappa shape index (κ1) is 14.7. The van der Waals surface area contributed by atoms with Gasteiger partial charge in [0.2, 0.25) is 0 Å². The molecule has 0 aliphatic heterocycles. The van der Waals surface area contributed by atoms with E-state index in [1.54, 1.807) is 0 Å². The van der Waals surface area contributed by atoms with Crippen molar-refractivity contribution in [3.63, 3.8) is 0 Å². The quantitative estimate of drug-likeness (QED) is 0.755. The fourth-order valence-electron chi connectivity index (χ4n) is 1.83. The molecule has 6 heteroatoms. The predicted molar refractivity (Wildman–Crippen MR) is 57.9 cm³/mol. The molecular formula is C11H20F3NO2. The second-order valence-electron chi connectivity index (χ2n) is 4.24. The van der Waals surface area contributed by atoms with Crippen LogP contribution in [0.3, 0.4) is 0 Å². The van der Waals surface area contributed by atoms with Gasteiger partial charge in [-0.3, -0.25) is 0 Å². The summed E-state index contributed by atoms with van der Waals surface area (Å²) in [7, 11) is 1.82. The van der Waals surface area contributed by atoms with E-state index in [2.05, 4.69) is 5.32 Å². The van der Waals surface area contributed by atoms with Gasteiger partial charge >= 0.3 is 6.18 Å². The van der Waals surface area contributed by atoms with Crippen molar-refractivity contribution in [3.05, 3.63) is 0 Å². The summed E-state index contributed by atoms with van der Waals surface area (Å²) in [5, 5.41) is 3.07. The number of hydrogen-bond donors (Lipinski definition) is 1. The van der Waals surface area contributed by atoms with Crippen molar-refractivity contribution in [2.24, 2.45) is 0 Å². The fraction of sp³-hybridized carbons (Fsp3) is 1.00. The van der Waals surface area contributed by atoms with Crippen molar-refractivity contribution >= 4 is 0 Å². The van der Waals surface area contributed by atoms with E-state index in [4.69, 9.17) is 9.47 Å². The van der Waals surface area contributed by atoms with E-state index in [1.807, 2.05) is 14.0 Å². The van der Waals surface area contributed by atoms with E-state index in [-0.39, 0.29) is 24.9 Å². The molecule has 1 aliphatic rings. The molecule has 1 fully saturated rings. The zero-order valence-electron chi connectivity index (χ0n) is 10.2. The van der Waals surface area contributed by atoms with Crippen molar-refractivity contribution < 1.29 is 22.6 Å². The minimum absolute atomic E-state index is 0.117. The number of hydrogen-bond acceptors (Lipinski definition) is 3. The van der Waals surface area contributed by atoms with Crippen LogP contribution in [0.2, 0.25) is 0 Å². The molecule has 0 saturated heterocycles. The molecule has 0 spiro atoms. The van der Waals surface area contributed by atoms with Crippen LogP contribution in [0.4, 0.5) is 13.2 Å². The third-order valence-corrected chi connectivity index (χ3v) is 2.85. The molecule has 0 heterocycles. The van der Waals surface area contributed by atoms with Crippen LogP contribution < -0.4 is 5.32 Å². The molecule has 1 N–H and O–H groups in total. The van der Waals surface area contributed by atoms with E-state index in [9.17, 15) is 13.2 Å². The number of alkyl halides is 3. The monoisotopic (exact) mass is 255 g/mol. The summed E-state index contributed by atoms with van der Waals surface area (Å²) in [6.07, 6.45) is -3.76. The molecule has 0 bridgehead atoms. The summed E-state index contributed by atoms with van der Waals surface area (Å²) in [4.78, 5) is 0. The lowest BCUT2D eigenvalue weighted by Gasteiger charge is -2.43. The van der Waals surface area contributed by atoms with Crippen molar-refractivity contribution in [3.8, 4) is 0 Å². The summed E-state index contributed by atoms with van der Waals surface area (Å²) in [5.74, 6) is 0. The average Bonchev–Trinajstić information content (AvgIpc) is 2.21. The molecule has 0 aromatic carbocycles. The molecule has 0 aromatic heterocycles. The molecule has 1 saturated carbocycles. The first-order chi connectivity index (χ1) is 7.98. The third-order valence-electron chi connectivity index (χ3n) is 2.85. The third kappa shape index (κ3) is 4.81. The molecule has 102 valence electrons. The lowest BCUT2D eigenvalue weighted by atomic mass is 9.85. The van der Waals surface area contributed by atoms with Gasteiger partial charge in [-0.05, 0) is 19.9 Å². The molecule has 3 unspecified atom stereocenters. The largest absolute Gasteiger partial charge is 0.391 e. The zero-order chi connectivity index (χ0) is 12.9. The van der Waals surface area contributed by atoms with E-state index < -0.39 is 12.6 Å². The maximum absolute atomic E-state index is 11.9. The number of rotatable bonds is 7. The molecule has 0 radical (unpaired) electrons. The normalized spacial score (nSPS) is 29.1. The Morgan fingerprint density at radius 3 is 2.47 bits per heavy atom. The van der Waals surface area contributed by atoms with Crippen molar-refractivity contribution in [1.82, 2.24) is 5.32 Å². The van der Waals surface area contributed by atoms with Gasteiger partial charge in [0.1, 0.15) is 0 Å². The van der Waals surface area contributed by atoms with Crippen molar-refractivity contribution in [1.29, 1.82) is 0 Å². The van der Waals surface area contributed by atoms with Crippen LogP contribution in [-0.4, -0.2) is 44.7 Å². The van der Waals surface area contributed by atoms with Gasteiger partial charge in [0.05, 0.1) is 25.2 Å². The van der Waals surface area contributed by atoms with Gasteiger partial charge in [-0.2, -0.15) is 13.2 Å². The smallest absolute Gasteiger partial charge is 0.375 e. The topological polar surface area (TPSA) is 30.5 Å². The van der Waals surface area contributed by atoms with Crippen LogP contribution in [0.5, 0.6) is 0 Å². The van der Waals surface area contributed by atoms with Gasteiger partial charge in [0, 0.05) is 12.6 Å². The van der Waals surface area contributed by atoms with E-state index >= 15 is 0 Å². The Morgan fingerprint density at radius 1 is 1.24 bits per heavy atom. The number of likely N-dealkylation sites (N-methyl/N-ethyl adjacent to an activating group) is 1. The van der Waals surface area contributed by atoms with Crippen LogP contribution in [-0.2, 0) is 9.47 Å². The Hall–Kier alpha value is -0.330. The van der Waals surface area contributed by atoms with Gasteiger partial charge in [0.15, 0.2) is 0 Å². The van der Waals surface area contributed by atoms with Gasteiger partial charge in [-0.1, -0.05) is 6.92 Å². The lowest BCUT2D eigenvalue weighted by Crippen LogP contribution is -2.59. The highest BCUT2D eigenvalue weighted by Crippen LogP contribution is 2.28. The Bertz CT molecular complexity index is 223. The summed E-state index contributed by atoms with van der Waals surface area (Å²) in [6, 6.07) is 0.192. The van der Waals surface area contributed by atoms with Gasteiger partial charge in [-0.25, -0.2) is 0 Å². The standard InChI is InChI=1S/C11H20F3NO2/c1-3-5-17-10-8(15-2)7-9(10)16-6-4-11(12,13)14/h8-10,15H,3-7H2,1-2H3. The molecule has 3 atom stereocenters. The Labute approximate surface area is 99.7 Å². The Balaban J connectivity index is 2.24. The Kier molecular flexibility index (Phi) is 5.69. The molecule has 17 heavy (non-hydrogen) atoms. The molecule has 1 rings (SSSR count). The van der Waals surface area contributed by atoms with Crippen LogP contribution in [0.15, 0.2) is 0 Å². The summed E-state index contributed by atoms with van der Waals surface area (Å²) < 4.78 is 46.6. The zero-order valence-corrected chi connectivity index (χ0v) is 10.2. The highest BCUT2D eigenvalue weighted by atomic mass is 19.4.